The average molecular weight is 439 g/mol. The summed E-state index contributed by atoms with van der Waals surface area (Å²) in [6.45, 7) is 0.639. The highest BCUT2D eigenvalue weighted by Crippen LogP contribution is 2.36. The van der Waals surface area contributed by atoms with Crippen LogP contribution in [0.25, 0.3) is 22.2 Å². The number of aromatic nitrogens is 3. The molecular weight excluding hydrogens is 417 g/mol. The summed E-state index contributed by atoms with van der Waals surface area (Å²) >= 11 is 0. The van der Waals surface area contributed by atoms with Gasteiger partial charge in [0.15, 0.2) is 5.69 Å². The van der Waals surface area contributed by atoms with Crippen molar-refractivity contribution in [2.75, 3.05) is 7.11 Å². The van der Waals surface area contributed by atoms with Crippen molar-refractivity contribution in [1.29, 1.82) is 0 Å². The number of fused-ring (bicyclic) bond motifs is 1. The van der Waals surface area contributed by atoms with Gasteiger partial charge in [0.1, 0.15) is 5.69 Å². The molecule has 0 N–H and O–H groups in total. The van der Waals surface area contributed by atoms with Crippen molar-refractivity contribution in [2.45, 2.75) is 13.0 Å². The molecule has 5 rings (SSSR count). The normalized spacial score (nSPS) is 11.1. The molecule has 0 radical (unpaired) electrons. The summed E-state index contributed by atoms with van der Waals surface area (Å²) in [6, 6.07) is 27.6. The molecule has 33 heavy (non-hydrogen) atoms. The fourth-order valence-corrected chi connectivity index (χ4v) is 4.26. The second-order valence-corrected chi connectivity index (χ2v) is 7.86. The number of methoxy groups -OCH3 is 1. The first-order valence-electron chi connectivity index (χ1n) is 10.7. The standard InChI is InChI=1S/C27H22FN3O2/c1-33-27(32)25-22(16-19-10-4-2-5-11-19)26(31(28)29-25)23-18-30(17-20-12-6-3-7-13-20)24-15-9-8-14-21(23)24/h2-15,18H,16-17H2,1H3. The number of benzene rings is 3. The summed E-state index contributed by atoms with van der Waals surface area (Å²) in [5, 5.41) is 4.81. The van der Waals surface area contributed by atoms with Crippen molar-refractivity contribution in [1.82, 2.24) is 14.6 Å². The molecule has 2 heterocycles. The van der Waals surface area contributed by atoms with Gasteiger partial charge in [0, 0.05) is 41.2 Å². The van der Waals surface area contributed by atoms with E-state index in [4.69, 9.17) is 4.74 Å². The summed E-state index contributed by atoms with van der Waals surface area (Å²) < 4.78 is 22.3. The van der Waals surface area contributed by atoms with Crippen LogP contribution in [0.15, 0.2) is 91.1 Å². The van der Waals surface area contributed by atoms with Gasteiger partial charge in [-0.1, -0.05) is 88.2 Å². The predicted molar refractivity (Wildman–Crippen MR) is 126 cm³/mol. The Balaban J connectivity index is 1.70. The lowest BCUT2D eigenvalue weighted by Crippen LogP contribution is -2.06. The van der Waals surface area contributed by atoms with Gasteiger partial charge in [-0.25, -0.2) is 4.79 Å². The lowest BCUT2D eigenvalue weighted by atomic mass is 9.98. The van der Waals surface area contributed by atoms with Gasteiger partial charge in [0.2, 0.25) is 0 Å². The molecule has 0 aliphatic heterocycles. The second kappa shape index (κ2) is 8.74. The van der Waals surface area contributed by atoms with Crippen molar-refractivity contribution in [3.63, 3.8) is 0 Å². The molecule has 3 aromatic carbocycles. The van der Waals surface area contributed by atoms with Gasteiger partial charge in [-0.15, -0.1) is 5.10 Å². The van der Waals surface area contributed by atoms with Gasteiger partial charge < -0.3 is 9.30 Å². The summed E-state index contributed by atoms with van der Waals surface area (Å²) in [5.74, 6) is -0.661. The van der Waals surface area contributed by atoms with Crippen molar-refractivity contribution in [3.8, 4) is 11.3 Å². The van der Waals surface area contributed by atoms with Gasteiger partial charge in [0.05, 0.1) is 7.11 Å². The first-order valence-corrected chi connectivity index (χ1v) is 10.7. The zero-order valence-electron chi connectivity index (χ0n) is 18.1. The van der Waals surface area contributed by atoms with Crippen molar-refractivity contribution in [3.05, 3.63) is 114 Å². The third-order valence-electron chi connectivity index (χ3n) is 5.79. The minimum absolute atomic E-state index is 0.0151. The van der Waals surface area contributed by atoms with Crippen LogP contribution < -0.4 is 0 Å². The Morgan fingerprint density at radius 2 is 1.55 bits per heavy atom. The molecule has 0 saturated carbocycles. The van der Waals surface area contributed by atoms with Crippen molar-refractivity contribution >= 4 is 16.9 Å². The van der Waals surface area contributed by atoms with Gasteiger partial charge in [-0.3, -0.25) is 0 Å². The van der Waals surface area contributed by atoms with Gasteiger partial charge in [-0.05, 0) is 17.2 Å². The predicted octanol–water partition coefficient (Wildman–Crippen LogP) is 5.66. The van der Waals surface area contributed by atoms with Crippen LogP contribution in [0.2, 0.25) is 0 Å². The maximum atomic E-state index is 15.3. The molecule has 0 atom stereocenters. The zero-order valence-corrected chi connectivity index (χ0v) is 18.1. The maximum Gasteiger partial charge on any atom is 0.358 e. The molecule has 0 saturated heterocycles. The largest absolute Gasteiger partial charge is 0.464 e. The van der Waals surface area contributed by atoms with E-state index >= 15 is 4.48 Å². The maximum absolute atomic E-state index is 15.3. The highest BCUT2D eigenvalue weighted by atomic mass is 19.2. The topological polar surface area (TPSA) is 49.0 Å². The molecule has 0 aliphatic carbocycles. The van der Waals surface area contributed by atoms with Crippen molar-refractivity contribution < 1.29 is 14.0 Å². The van der Waals surface area contributed by atoms with Crippen LogP contribution >= 0.6 is 0 Å². The van der Waals surface area contributed by atoms with E-state index in [1.165, 1.54) is 7.11 Å². The quantitative estimate of drug-likeness (QED) is 0.321. The highest BCUT2D eigenvalue weighted by molar-refractivity contribution is 5.98. The fraction of sp³-hybridized carbons (Fsp3) is 0.111. The Morgan fingerprint density at radius 1 is 0.909 bits per heavy atom. The summed E-state index contributed by atoms with van der Waals surface area (Å²) in [6.07, 6.45) is 2.28. The highest BCUT2D eigenvalue weighted by Gasteiger charge is 2.27. The first kappa shape index (κ1) is 20.7. The van der Waals surface area contributed by atoms with Crippen molar-refractivity contribution in [2.24, 2.45) is 0 Å². The van der Waals surface area contributed by atoms with Crippen LogP contribution in [0.1, 0.15) is 27.2 Å². The van der Waals surface area contributed by atoms with Gasteiger partial charge in [0.25, 0.3) is 0 Å². The van der Waals surface area contributed by atoms with Crippen LogP contribution in [-0.4, -0.2) is 27.6 Å². The average Bonchev–Trinajstić information content (AvgIpc) is 3.37. The molecule has 5 nitrogen and oxygen atoms in total. The van der Waals surface area contributed by atoms with Crippen LogP contribution in [0.5, 0.6) is 0 Å². The zero-order chi connectivity index (χ0) is 22.8. The molecular formula is C27H22FN3O2. The van der Waals surface area contributed by atoms with Crippen LogP contribution in [0.3, 0.4) is 0 Å². The molecule has 0 bridgehead atoms. The van der Waals surface area contributed by atoms with E-state index in [9.17, 15) is 4.79 Å². The molecule has 0 amide bonds. The molecule has 2 aromatic heterocycles. The minimum Gasteiger partial charge on any atom is -0.464 e. The Hall–Kier alpha value is -4.19. The third kappa shape index (κ3) is 3.91. The number of hydrogen-bond acceptors (Lipinski definition) is 3. The number of hydrogen-bond donors (Lipinski definition) is 0. The number of carbonyl (C=O) groups excluding carboxylic acids is 1. The van der Waals surface area contributed by atoms with E-state index in [1.807, 2.05) is 79.0 Å². The number of nitrogens with zero attached hydrogens (tertiary/aromatic N) is 3. The van der Waals surface area contributed by atoms with Gasteiger partial charge in [-0.2, -0.15) is 0 Å². The van der Waals surface area contributed by atoms with E-state index in [-0.39, 0.29) is 11.4 Å². The van der Waals surface area contributed by atoms with Crippen LogP contribution in [-0.2, 0) is 17.7 Å². The second-order valence-electron chi connectivity index (χ2n) is 7.86. The van der Waals surface area contributed by atoms with Gasteiger partial charge >= 0.3 is 5.97 Å². The fourth-order valence-electron chi connectivity index (χ4n) is 4.26. The van der Waals surface area contributed by atoms with E-state index in [0.717, 1.165) is 22.0 Å². The molecule has 0 aliphatic rings. The smallest absolute Gasteiger partial charge is 0.358 e. The SMILES string of the molecule is COC(=O)c1nn(F)c(-c2cn(Cc3ccccc3)c3ccccc23)c1Cc1ccccc1. The molecule has 0 fully saturated rings. The van der Waals surface area contributed by atoms with Crippen LogP contribution in [0, 0.1) is 0 Å². The summed E-state index contributed by atoms with van der Waals surface area (Å²) in [5.41, 5.74) is 4.49. The Morgan fingerprint density at radius 3 is 2.24 bits per heavy atom. The molecule has 6 heteroatoms. The molecule has 5 aromatic rings. The van der Waals surface area contributed by atoms with E-state index < -0.39 is 5.97 Å². The molecule has 0 spiro atoms. The molecule has 0 unspecified atom stereocenters. The Labute approximate surface area is 190 Å². The summed E-state index contributed by atoms with van der Waals surface area (Å²) in [7, 11) is 1.28. The lowest BCUT2D eigenvalue weighted by Gasteiger charge is -2.06. The Kier molecular flexibility index (Phi) is 5.48. The third-order valence-corrected chi connectivity index (χ3v) is 5.79. The molecule has 164 valence electrons. The number of ether oxygens (including phenoxy) is 1. The number of carbonyl (C=O) groups is 1. The lowest BCUT2D eigenvalue weighted by molar-refractivity contribution is 0.0589. The monoisotopic (exact) mass is 439 g/mol. The number of esters is 1. The van der Waals surface area contributed by atoms with E-state index in [0.29, 0.717) is 29.0 Å². The van der Waals surface area contributed by atoms with E-state index in [1.54, 1.807) is 0 Å². The number of para-hydroxylation sites is 1. The number of halogens is 1. The minimum atomic E-state index is -0.661. The van der Waals surface area contributed by atoms with E-state index in [2.05, 4.69) is 21.8 Å². The first-order chi connectivity index (χ1) is 16.2. The Bertz CT molecular complexity index is 1420. The van der Waals surface area contributed by atoms with Crippen LogP contribution in [0.4, 0.5) is 4.48 Å². The summed E-state index contributed by atoms with van der Waals surface area (Å²) in [4.78, 5) is 12.8. The number of rotatable bonds is 6.